The highest BCUT2D eigenvalue weighted by Crippen LogP contribution is 2.21. The molecule has 1 unspecified atom stereocenters. The molecule has 0 radical (unpaired) electrons. The summed E-state index contributed by atoms with van der Waals surface area (Å²) in [7, 11) is 5.83. The predicted octanol–water partition coefficient (Wildman–Crippen LogP) is 0.341. The molecular formula is C18H39N2O4+. The number of aliphatic hydroxyl groups excluding tert-OH is 1. The summed E-state index contributed by atoms with van der Waals surface area (Å²) < 4.78 is 11.5. The molecule has 0 aromatic carbocycles. The van der Waals surface area contributed by atoms with Crippen LogP contribution in [0.5, 0.6) is 0 Å². The zero-order chi connectivity index (χ0) is 19.0. The minimum absolute atomic E-state index is 0.0609. The van der Waals surface area contributed by atoms with Crippen LogP contribution in [-0.4, -0.2) is 80.7 Å². The van der Waals surface area contributed by atoms with Gasteiger partial charge in [0.25, 0.3) is 0 Å². The lowest BCUT2D eigenvalue weighted by molar-refractivity contribution is -0.861. The van der Waals surface area contributed by atoms with Crippen molar-refractivity contribution in [3.63, 3.8) is 0 Å². The minimum atomic E-state index is -0.429. The third kappa shape index (κ3) is 10.2. The fourth-order valence-corrected chi connectivity index (χ4v) is 2.31. The molecule has 144 valence electrons. The van der Waals surface area contributed by atoms with E-state index in [9.17, 15) is 9.90 Å². The third-order valence-electron chi connectivity index (χ3n) is 4.39. The van der Waals surface area contributed by atoms with Crippen molar-refractivity contribution in [1.29, 1.82) is 0 Å². The molecule has 2 N–H and O–H groups in total. The number of hydrogen-bond donors (Lipinski definition) is 2. The Balaban J connectivity index is 4.03. The van der Waals surface area contributed by atoms with Crippen molar-refractivity contribution >= 4 is 5.91 Å². The molecule has 0 aromatic heterocycles. The van der Waals surface area contributed by atoms with Crippen molar-refractivity contribution in [2.75, 3.05) is 47.5 Å². The minimum Gasteiger partial charge on any atom is -0.385 e. The van der Waals surface area contributed by atoms with Gasteiger partial charge < -0.3 is 24.4 Å². The fourth-order valence-electron chi connectivity index (χ4n) is 2.31. The Morgan fingerprint density at radius 3 is 2.25 bits per heavy atom. The topological polar surface area (TPSA) is 63.4 Å². The first-order chi connectivity index (χ1) is 10.9. The first-order valence-corrected chi connectivity index (χ1v) is 8.80. The zero-order valence-corrected chi connectivity index (χ0v) is 16.9. The van der Waals surface area contributed by atoms with Gasteiger partial charge in [-0.15, -0.1) is 0 Å². The average Bonchev–Trinajstić information content (AvgIpc) is 2.41. The molecule has 0 aliphatic rings. The van der Waals surface area contributed by atoms with Gasteiger partial charge in [-0.25, -0.2) is 0 Å². The van der Waals surface area contributed by atoms with E-state index in [1.54, 1.807) is 11.8 Å². The fraction of sp³-hybridized carbons (Fsp3) is 0.944. The second-order valence-electron chi connectivity index (χ2n) is 8.14. The Labute approximate surface area is 148 Å². The van der Waals surface area contributed by atoms with Crippen LogP contribution in [0, 0.1) is 0 Å². The monoisotopic (exact) mass is 347 g/mol. The van der Waals surface area contributed by atoms with Crippen molar-refractivity contribution in [2.45, 2.75) is 64.7 Å². The molecule has 1 amide bonds. The van der Waals surface area contributed by atoms with Crippen LogP contribution in [0.1, 0.15) is 47.5 Å². The highest BCUT2D eigenvalue weighted by atomic mass is 16.5. The molecule has 0 aromatic rings. The van der Waals surface area contributed by atoms with E-state index in [0.717, 1.165) is 12.8 Å². The van der Waals surface area contributed by atoms with Crippen LogP contribution in [-0.2, 0) is 14.3 Å². The molecule has 0 fully saturated rings. The maximum Gasteiger partial charge on any atom is 0.219 e. The maximum absolute atomic E-state index is 11.5. The Morgan fingerprint density at radius 2 is 1.75 bits per heavy atom. The van der Waals surface area contributed by atoms with E-state index in [-0.39, 0.29) is 17.0 Å². The Bertz CT molecular complexity index is 370. The molecule has 0 rings (SSSR count). The number of nitrogens with one attached hydrogen (secondary N) is 1. The molecule has 0 heterocycles. The van der Waals surface area contributed by atoms with Crippen LogP contribution < -0.4 is 4.90 Å². The lowest BCUT2D eigenvalue weighted by Crippen LogP contribution is -3.07. The smallest absolute Gasteiger partial charge is 0.219 e. The molecule has 0 saturated heterocycles. The van der Waals surface area contributed by atoms with Gasteiger partial charge >= 0.3 is 0 Å². The zero-order valence-electron chi connectivity index (χ0n) is 16.9. The van der Waals surface area contributed by atoms with Crippen LogP contribution in [0.25, 0.3) is 0 Å². The number of nitrogens with zero attached hydrogens (tertiary/aromatic N) is 1. The van der Waals surface area contributed by atoms with Gasteiger partial charge in [0.2, 0.25) is 5.91 Å². The molecule has 0 spiro atoms. The van der Waals surface area contributed by atoms with E-state index < -0.39 is 6.10 Å². The molecule has 0 aliphatic carbocycles. The summed E-state index contributed by atoms with van der Waals surface area (Å²) in [5.74, 6) is 0.0609. The van der Waals surface area contributed by atoms with Crippen molar-refractivity contribution in [1.82, 2.24) is 4.90 Å². The number of aliphatic hydroxyl groups is 1. The van der Waals surface area contributed by atoms with E-state index in [4.69, 9.17) is 9.47 Å². The first-order valence-electron chi connectivity index (χ1n) is 8.80. The molecule has 0 saturated carbocycles. The Morgan fingerprint density at radius 1 is 1.17 bits per heavy atom. The van der Waals surface area contributed by atoms with Crippen molar-refractivity contribution in [3.8, 4) is 0 Å². The number of rotatable bonds is 12. The number of amides is 1. The van der Waals surface area contributed by atoms with Crippen LogP contribution in [0.4, 0.5) is 0 Å². The van der Waals surface area contributed by atoms with Crippen molar-refractivity contribution in [2.24, 2.45) is 0 Å². The number of ether oxygens (including phenoxy) is 2. The standard InChI is InChI=1S/C18H38N2O4/c1-15(21)20(8)17(2,3)9-12-24-18(4,5)10-11-23-14-16(22)13-19(6)7/h16,22H,9-14H2,1-8H3/p+1. The summed E-state index contributed by atoms with van der Waals surface area (Å²) in [5, 5.41) is 9.77. The summed E-state index contributed by atoms with van der Waals surface area (Å²) in [4.78, 5) is 14.4. The largest absolute Gasteiger partial charge is 0.385 e. The number of carbonyl (C=O) groups is 1. The Hall–Kier alpha value is -0.690. The number of hydrogen-bond acceptors (Lipinski definition) is 4. The molecular weight excluding hydrogens is 308 g/mol. The summed E-state index contributed by atoms with van der Waals surface area (Å²) in [6.07, 6.45) is 1.11. The van der Waals surface area contributed by atoms with Gasteiger partial charge in [0.1, 0.15) is 12.6 Å². The van der Waals surface area contributed by atoms with Crippen LogP contribution in [0.2, 0.25) is 0 Å². The number of carbonyl (C=O) groups excluding carboxylic acids is 1. The number of likely N-dealkylation sites (N-methyl/N-ethyl adjacent to an activating group) is 1. The van der Waals surface area contributed by atoms with Gasteiger partial charge in [-0.3, -0.25) is 4.79 Å². The van der Waals surface area contributed by atoms with E-state index in [1.807, 2.05) is 48.8 Å². The van der Waals surface area contributed by atoms with Gasteiger partial charge in [0.05, 0.1) is 26.3 Å². The van der Waals surface area contributed by atoms with Gasteiger partial charge in [-0.05, 0) is 40.5 Å². The SMILES string of the molecule is CC(=O)N(C)C(C)(C)CCOC(C)(C)CCOCC(O)C[NH+](C)C. The van der Waals surface area contributed by atoms with Crippen molar-refractivity contribution in [3.05, 3.63) is 0 Å². The van der Waals surface area contributed by atoms with Crippen molar-refractivity contribution < 1.29 is 24.3 Å². The maximum atomic E-state index is 11.5. The second-order valence-corrected chi connectivity index (χ2v) is 8.14. The molecule has 6 nitrogen and oxygen atoms in total. The quantitative estimate of drug-likeness (QED) is 0.500. The molecule has 24 heavy (non-hydrogen) atoms. The van der Waals surface area contributed by atoms with E-state index in [0.29, 0.717) is 26.4 Å². The molecule has 1 atom stereocenters. The van der Waals surface area contributed by atoms with E-state index in [1.165, 1.54) is 4.90 Å². The molecule has 0 bridgehead atoms. The van der Waals surface area contributed by atoms with Gasteiger partial charge in [-0.2, -0.15) is 0 Å². The van der Waals surface area contributed by atoms with E-state index >= 15 is 0 Å². The summed E-state index contributed by atoms with van der Waals surface area (Å²) >= 11 is 0. The lowest BCUT2D eigenvalue weighted by atomic mass is 9.98. The Kier molecular flexibility index (Phi) is 10.0. The van der Waals surface area contributed by atoms with Crippen LogP contribution in [0.15, 0.2) is 0 Å². The third-order valence-corrected chi connectivity index (χ3v) is 4.39. The molecule has 6 heteroatoms. The lowest BCUT2D eigenvalue weighted by Gasteiger charge is -2.36. The predicted molar refractivity (Wildman–Crippen MR) is 96.3 cm³/mol. The normalized spacial score (nSPS) is 14.1. The number of quaternary nitrogens is 1. The van der Waals surface area contributed by atoms with E-state index in [2.05, 4.69) is 0 Å². The van der Waals surface area contributed by atoms with Gasteiger partial charge in [0.15, 0.2) is 0 Å². The van der Waals surface area contributed by atoms with Gasteiger partial charge in [0, 0.05) is 32.7 Å². The second kappa shape index (κ2) is 10.3. The summed E-state index contributed by atoms with van der Waals surface area (Å²) in [6.45, 7) is 11.9. The first kappa shape index (κ1) is 23.3. The summed E-state index contributed by atoms with van der Waals surface area (Å²) in [5.41, 5.74) is -0.514. The molecule has 0 aliphatic heterocycles. The van der Waals surface area contributed by atoms with Gasteiger partial charge in [-0.1, -0.05) is 0 Å². The average molecular weight is 348 g/mol. The highest BCUT2D eigenvalue weighted by molar-refractivity contribution is 5.73. The summed E-state index contributed by atoms with van der Waals surface area (Å²) in [6, 6.07) is 0. The highest BCUT2D eigenvalue weighted by Gasteiger charge is 2.27. The van der Waals surface area contributed by atoms with Crippen LogP contribution >= 0.6 is 0 Å². The van der Waals surface area contributed by atoms with Crippen LogP contribution in [0.3, 0.4) is 0 Å².